The molecule has 0 aliphatic carbocycles. The number of hydrogen-bond acceptors (Lipinski definition) is 3. The first-order valence-electron chi connectivity index (χ1n) is 7.05. The average Bonchev–Trinajstić information content (AvgIpc) is 2.82. The van der Waals surface area contributed by atoms with Gasteiger partial charge < -0.3 is 5.32 Å². The molecule has 112 valence electrons. The van der Waals surface area contributed by atoms with E-state index in [1.807, 2.05) is 30.3 Å². The molecule has 0 spiro atoms. The molecule has 2 amide bonds. The Morgan fingerprint density at radius 1 is 1.05 bits per heavy atom. The van der Waals surface area contributed by atoms with E-state index in [0.717, 1.165) is 5.56 Å². The van der Waals surface area contributed by atoms with Gasteiger partial charge in [-0.25, -0.2) is 4.90 Å². The van der Waals surface area contributed by atoms with E-state index in [1.165, 1.54) is 4.90 Å². The lowest BCUT2D eigenvalue weighted by Gasteiger charge is -2.15. The number of rotatable bonds is 4. The maximum absolute atomic E-state index is 12.4. The van der Waals surface area contributed by atoms with Gasteiger partial charge in [0.1, 0.15) is 0 Å². The van der Waals surface area contributed by atoms with Crippen molar-refractivity contribution in [3.8, 4) is 0 Å². The smallest absolute Gasteiger partial charge is 0.251 e. The highest BCUT2D eigenvalue weighted by Crippen LogP contribution is 2.24. The van der Waals surface area contributed by atoms with Crippen molar-refractivity contribution >= 4 is 29.1 Å². The molecule has 0 bridgehead atoms. The fraction of sp³-hybridized carbons (Fsp3) is 0.176. The zero-order valence-electron chi connectivity index (χ0n) is 11.8. The number of nitrogens with one attached hydrogen (secondary N) is 1. The van der Waals surface area contributed by atoms with Crippen LogP contribution in [0.4, 0.5) is 5.69 Å². The third kappa shape index (κ3) is 3.03. The maximum atomic E-state index is 12.4. The highest BCUT2D eigenvalue weighted by atomic mass is 35.5. The Bertz CT molecular complexity index is 686. The van der Waals surface area contributed by atoms with Crippen LogP contribution in [0.1, 0.15) is 12.0 Å². The third-order valence-corrected chi connectivity index (χ3v) is 3.88. The van der Waals surface area contributed by atoms with Gasteiger partial charge in [-0.05, 0) is 29.8 Å². The molecule has 1 heterocycles. The molecule has 1 aliphatic heterocycles. The second kappa shape index (κ2) is 6.30. The van der Waals surface area contributed by atoms with Crippen LogP contribution in [0.5, 0.6) is 0 Å². The summed E-state index contributed by atoms with van der Waals surface area (Å²) in [5.41, 5.74) is 1.64. The molecule has 1 fully saturated rings. The summed E-state index contributed by atoms with van der Waals surface area (Å²) in [6, 6.07) is 16.0. The predicted octanol–water partition coefficient (Wildman–Crippen LogP) is 2.76. The van der Waals surface area contributed by atoms with Crippen LogP contribution >= 0.6 is 11.6 Å². The van der Waals surface area contributed by atoms with E-state index >= 15 is 0 Å². The Labute approximate surface area is 133 Å². The monoisotopic (exact) mass is 314 g/mol. The number of imide groups is 1. The van der Waals surface area contributed by atoms with Gasteiger partial charge in [0, 0.05) is 11.6 Å². The average molecular weight is 315 g/mol. The first-order valence-corrected chi connectivity index (χ1v) is 7.42. The summed E-state index contributed by atoms with van der Waals surface area (Å²) in [5, 5.41) is 3.72. The van der Waals surface area contributed by atoms with Crippen molar-refractivity contribution in [1.29, 1.82) is 0 Å². The van der Waals surface area contributed by atoms with Crippen molar-refractivity contribution < 1.29 is 9.59 Å². The van der Waals surface area contributed by atoms with Crippen LogP contribution in [0, 0.1) is 0 Å². The van der Waals surface area contributed by atoms with E-state index in [0.29, 0.717) is 17.3 Å². The summed E-state index contributed by atoms with van der Waals surface area (Å²) in [5.74, 6) is -0.416. The van der Waals surface area contributed by atoms with Crippen LogP contribution in [-0.2, 0) is 16.1 Å². The van der Waals surface area contributed by atoms with Crippen LogP contribution < -0.4 is 10.2 Å². The van der Waals surface area contributed by atoms with Crippen LogP contribution in [0.3, 0.4) is 0 Å². The van der Waals surface area contributed by atoms with Gasteiger partial charge in [-0.3, -0.25) is 9.59 Å². The van der Waals surface area contributed by atoms with Crippen molar-refractivity contribution in [2.45, 2.75) is 19.0 Å². The Hall–Kier alpha value is -2.17. The molecule has 3 rings (SSSR count). The Balaban J connectivity index is 1.70. The van der Waals surface area contributed by atoms with Crippen LogP contribution in [0.25, 0.3) is 0 Å². The highest BCUT2D eigenvalue weighted by molar-refractivity contribution is 6.30. The molecule has 2 aromatic carbocycles. The summed E-state index contributed by atoms with van der Waals surface area (Å²) in [6.45, 7) is 0.555. The number of benzene rings is 2. The van der Waals surface area contributed by atoms with E-state index in [4.69, 9.17) is 11.6 Å². The topological polar surface area (TPSA) is 49.4 Å². The first-order chi connectivity index (χ1) is 10.6. The molecular formula is C17H15ClN2O2. The molecule has 5 heteroatoms. The fourth-order valence-corrected chi connectivity index (χ4v) is 2.62. The Morgan fingerprint density at radius 2 is 1.73 bits per heavy atom. The fourth-order valence-electron chi connectivity index (χ4n) is 2.49. The summed E-state index contributed by atoms with van der Waals surface area (Å²) >= 11 is 5.84. The molecule has 0 saturated carbocycles. The van der Waals surface area contributed by atoms with Gasteiger partial charge in [-0.2, -0.15) is 0 Å². The molecule has 0 radical (unpaired) electrons. The summed E-state index contributed by atoms with van der Waals surface area (Å²) in [6.07, 6.45) is 0.175. The standard InChI is InChI=1S/C17H15ClN2O2/c18-13-6-8-14(9-7-13)20-16(21)10-15(17(20)22)19-11-12-4-2-1-3-5-12/h1-9,15,19H,10-11H2/t15-/m1/s1. The zero-order chi connectivity index (χ0) is 15.5. The van der Waals surface area contributed by atoms with Crippen LogP contribution in [-0.4, -0.2) is 17.9 Å². The Morgan fingerprint density at radius 3 is 2.41 bits per heavy atom. The number of carbonyl (C=O) groups excluding carboxylic acids is 2. The van der Waals surface area contributed by atoms with Crippen molar-refractivity contribution in [3.63, 3.8) is 0 Å². The van der Waals surface area contributed by atoms with E-state index < -0.39 is 6.04 Å². The largest absolute Gasteiger partial charge is 0.301 e. The number of carbonyl (C=O) groups is 2. The normalized spacial score (nSPS) is 18.0. The van der Waals surface area contributed by atoms with E-state index in [9.17, 15) is 9.59 Å². The summed E-state index contributed by atoms with van der Waals surface area (Å²) in [4.78, 5) is 25.8. The van der Waals surface area contributed by atoms with E-state index in [-0.39, 0.29) is 18.2 Å². The molecule has 1 N–H and O–H groups in total. The van der Waals surface area contributed by atoms with Gasteiger partial charge in [0.25, 0.3) is 5.91 Å². The minimum atomic E-state index is -0.483. The lowest BCUT2D eigenvalue weighted by Crippen LogP contribution is -2.38. The zero-order valence-corrected chi connectivity index (χ0v) is 12.6. The van der Waals surface area contributed by atoms with Crippen molar-refractivity contribution in [2.24, 2.45) is 0 Å². The molecule has 2 aromatic rings. The van der Waals surface area contributed by atoms with E-state index in [2.05, 4.69) is 5.32 Å². The molecule has 0 aromatic heterocycles. The lowest BCUT2D eigenvalue weighted by atomic mass is 10.2. The van der Waals surface area contributed by atoms with E-state index in [1.54, 1.807) is 24.3 Å². The van der Waals surface area contributed by atoms with Gasteiger partial charge in [0.15, 0.2) is 0 Å². The third-order valence-electron chi connectivity index (χ3n) is 3.63. The number of halogens is 1. The van der Waals surface area contributed by atoms with Crippen molar-refractivity contribution in [2.75, 3.05) is 4.90 Å². The SMILES string of the molecule is O=C1C[C@@H](NCc2ccccc2)C(=O)N1c1ccc(Cl)cc1. The molecule has 0 unspecified atom stereocenters. The predicted molar refractivity (Wildman–Crippen MR) is 85.6 cm³/mol. The second-order valence-electron chi connectivity index (χ2n) is 5.17. The number of amides is 2. The Kier molecular flexibility index (Phi) is 4.22. The van der Waals surface area contributed by atoms with Gasteiger partial charge in [0.05, 0.1) is 18.2 Å². The van der Waals surface area contributed by atoms with Crippen molar-refractivity contribution in [1.82, 2.24) is 5.32 Å². The van der Waals surface area contributed by atoms with Gasteiger partial charge >= 0.3 is 0 Å². The van der Waals surface area contributed by atoms with Gasteiger partial charge in [0.2, 0.25) is 5.91 Å². The molecule has 1 aliphatic rings. The maximum Gasteiger partial charge on any atom is 0.251 e. The highest BCUT2D eigenvalue weighted by Gasteiger charge is 2.39. The van der Waals surface area contributed by atoms with Crippen LogP contribution in [0.2, 0.25) is 5.02 Å². The minimum Gasteiger partial charge on any atom is -0.301 e. The molecule has 4 nitrogen and oxygen atoms in total. The quantitative estimate of drug-likeness (QED) is 0.883. The first kappa shape index (κ1) is 14.8. The van der Waals surface area contributed by atoms with Gasteiger partial charge in [-0.15, -0.1) is 0 Å². The van der Waals surface area contributed by atoms with Crippen LogP contribution in [0.15, 0.2) is 54.6 Å². The lowest BCUT2D eigenvalue weighted by molar-refractivity contribution is -0.121. The number of nitrogens with zero attached hydrogens (tertiary/aromatic N) is 1. The minimum absolute atomic E-state index is 0.175. The second-order valence-corrected chi connectivity index (χ2v) is 5.60. The van der Waals surface area contributed by atoms with Crippen molar-refractivity contribution in [3.05, 3.63) is 65.2 Å². The molecule has 1 atom stereocenters. The molecular weight excluding hydrogens is 300 g/mol. The number of hydrogen-bond donors (Lipinski definition) is 1. The molecule has 1 saturated heterocycles. The summed E-state index contributed by atoms with van der Waals surface area (Å²) in [7, 11) is 0. The number of anilines is 1. The molecule has 22 heavy (non-hydrogen) atoms. The summed E-state index contributed by atoms with van der Waals surface area (Å²) < 4.78 is 0. The van der Waals surface area contributed by atoms with Gasteiger partial charge in [-0.1, -0.05) is 41.9 Å².